The lowest BCUT2D eigenvalue weighted by Gasteiger charge is -2.12. The van der Waals surface area contributed by atoms with Crippen LogP contribution in [0.4, 0.5) is 0 Å². The van der Waals surface area contributed by atoms with E-state index < -0.39 is 0 Å². The Bertz CT molecular complexity index is 311. The van der Waals surface area contributed by atoms with Gasteiger partial charge < -0.3 is 0 Å². The van der Waals surface area contributed by atoms with Crippen molar-refractivity contribution in [2.45, 2.75) is 33.1 Å². The van der Waals surface area contributed by atoms with E-state index in [1.54, 1.807) is 0 Å². The average molecular weight is 170 g/mol. The van der Waals surface area contributed by atoms with Crippen LogP contribution in [0.1, 0.15) is 38.1 Å². The summed E-state index contributed by atoms with van der Waals surface area (Å²) < 4.78 is 0. The summed E-state index contributed by atoms with van der Waals surface area (Å²) in [7, 11) is 11.4. The molecular formula is C9H12B2N2. The van der Waals surface area contributed by atoms with Gasteiger partial charge in [-0.25, -0.2) is 0 Å². The third-order valence-corrected chi connectivity index (χ3v) is 1.94. The van der Waals surface area contributed by atoms with Gasteiger partial charge in [-0.1, -0.05) is 20.8 Å². The first-order chi connectivity index (χ1) is 6.06. The SMILES string of the molecule is [B]c1nc(C(C)C)c([B])nc1CC. The number of aryl methyl sites for hydroxylation is 1. The van der Waals surface area contributed by atoms with Gasteiger partial charge in [0.2, 0.25) is 0 Å². The van der Waals surface area contributed by atoms with Crippen molar-refractivity contribution < 1.29 is 0 Å². The first kappa shape index (κ1) is 10.3. The molecule has 0 spiro atoms. The van der Waals surface area contributed by atoms with E-state index in [0.29, 0.717) is 11.2 Å². The first-order valence-electron chi connectivity index (χ1n) is 4.48. The largest absolute Gasteiger partial charge is 0.267 e. The Balaban J connectivity index is 3.20. The van der Waals surface area contributed by atoms with E-state index in [0.717, 1.165) is 17.8 Å². The molecule has 0 aliphatic carbocycles. The Kier molecular flexibility index (Phi) is 3.12. The third kappa shape index (κ3) is 2.11. The summed E-state index contributed by atoms with van der Waals surface area (Å²) in [6, 6.07) is 0. The van der Waals surface area contributed by atoms with Gasteiger partial charge >= 0.3 is 0 Å². The van der Waals surface area contributed by atoms with Gasteiger partial charge in [-0.2, -0.15) is 0 Å². The van der Waals surface area contributed by atoms with Crippen LogP contribution < -0.4 is 11.2 Å². The minimum atomic E-state index is 0.265. The van der Waals surface area contributed by atoms with E-state index >= 15 is 0 Å². The van der Waals surface area contributed by atoms with Crippen molar-refractivity contribution in [1.29, 1.82) is 0 Å². The summed E-state index contributed by atoms with van der Waals surface area (Å²) in [5.41, 5.74) is 2.57. The van der Waals surface area contributed by atoms with Crippen LogP contribution in [0.2, 0.25) is 0 Å². The molecule has 13 heavy (non-hydrogen) atoms. The summed E-state index contributed by atoms with van der Waals surface area (Å²) in [6.07, 6.45) is 0.765. The topological polar surface area (TPSA) is 25.8 Å². The molecule has 1 rings (SSSR count). The maximum Gasteiger partial charge on any atom is 0.144 e. The van der Waals surface area contributed by atoms with E-state index in [1.165, 1.54) is 0 Å². The number of nitrogens with zero attached hydrogens (tertiary/aromatic N) is 2. The Morgan fingerprint density at radius 2 is 1.77 bits per heavy atom. The van der Waals surface area contributed by atoms with E-state index in [9.17, 15) is 0 Å². The molecule has 0 saturated carbocycles. The fourth-order valence-corrected chi connectivity index (χ4v) is 1.20. The molecule has 0 amide bonds. The molecule has 0 unspecified atom stereocenters. The van der Waals surface area contributed by atoms with Crippen molar-refractivity contribution in [1.82, 2.24) is 9.97 Å². The maximum absolute atomic E-state index is 5.74. The molecule has 0 atom stereocenters. The molecule has 0 aliphatic heterocycles. The maximum atomic E-state index is 5.74. The zero-order valence-electron chi connectivity index (χ0n) is 8.33. The van der Waals surface area contributed by atoms with Crippen LogP contribution in [0.15, 0.2) is 0 Å². The van der Waals surface area contributed by atoms with E-state index in [2.05, 4.69) is 9.97 Å². The van der Waals surface area contributed by atoms with Crippen LogP contribution in [0.3, 0.4) is 0 Å². The monoisotopic (exact) mass is 170 g/mol. The molecule has 4 radical (unpaired) electrons. The van der Waals surface area contributed by atoms with Crippen LogP contribution in [0.5, 0.6) is 0 Å². The minimum absolute atomic E-state index is 0.265. The highest BCUT2D eigenvalue weighted by atomic mass is 14.8. The molecule has 1 heterocycles. The van der Waals surface area contributed by atoms with Crippen molar-refractivity contribution in [3.63, 3.8) is 0 Å². The molecule has 2 nitrogen and oxygen atoms in total. The Morgan fingerprint density at radius 1 is 1.15 bits per heavy atom. The number of aromatic nitrogens is 2. The molecule has 0 bridgehead atoms. The quantitative estimate of drug-likeness (QED) is 0.571. The Morgan fingerprint density at radius 3 is 2.23 bits per heavy atom. The van der Waals surface area contributed by atoms with Crippen molar-refractivity contribution in [2.24, 2.45) is 0 Å². The highest BCUT2D eigenvalue weighted by Gasteiger charge is 2.08. The lowest BCUT2D eigenvalue weighted by molar-refractivity contribution is 0.822. The molecule has 1 aromatic rings. The van der Waals surface area contributed by atoms with Gasteiger partial charge in [-0.05, 0) is 12.3 Å². The molecule has 4 heteroatoms. The fraction of sp³-hybridized carbons (Fsp3) is 0.556. The lowest BCUT2D eigenvalue weighted by Crippen LogP contribution is -2.29. The summed E-state index contributed by atoms with van der Waals surface area (Å²) in [5.74, 6) is 0.265. The van der Waals surface area contributed by atoms with Crippen LogP contribution in [0.25, 0.3) is 0 Å². The van der Waals surface area contributed by atoms with E-state index in [4.69, 9.17) is 15.7 Å². The first-order valence-corrected chi connectivity index (χ1v) is 4.48. The van der Waals surface area contributed by atoms with Crippen molar-refractivity contribution in [2.75, 3.05) is 0 Å². The number of hydrogen-bond donors (Lipinski definition) is 0. The average Bonchev–Trinajstić information content (AvgIpc) is 2.07. The van der Waals surface area contributed by atoms with Gasteiger partial charge in [0.15, 0.2) is 0 Å². The molecular weight excluding hydrogens is 158 g/mol. The second-order valence-corrected chi connectivity index (χ2v) is 3.33. The smallest absolute Gasteiger partial charge is 0.144 e. The van der Waals surface area contributed by atoms with Gasteiger partial charge in [0, 0.05) is 16.9 Å². The molecule has 0 aliphatic rings. The van der Waals surface area contributed by atoms with Crippen molar-refractivity contribution in [3.05, 3.63) is 11.4 Å². The van der Waals surface area contributed by atoms with Crippen molar-refractivity contribution >= 4 is 26.9 Å². The fourth-order valence-electron chi connectivity index (χ4n) is 1.20. The van der Waals surface area contributed by atoms with Crippen LogP contribution in [0, 0.1) is 0 Å². The number of rotatable bonds is 2. The zero-order chi connectivity index (χ0) is 10.0. The predicted molar refractivity (Wildman–Crippen MR) is 56.3 cm³/mol. The lowest BCUT2D eigenvalue weighted by atomic mass is 9.91. The third-order valence-electron chi connectivity index (χ3n) is 1.94. The van der Waals surface area contributed by atoms with Crippen LogP contribution in [-0.2, 0) is 6.42 Å². The highest BCUT2D eigenvalue weighted by molar-refractivity contribution is 6.34. The van der Waals surface area contributed by atoms with Gasteiger partial charge in [-0.3, -0.25) is 9.97 Å². The minimum Gasteiger partial charge on any atom is -0.267 e. The Hall–Kier alpha value is -0.790. The standard InChI is InChI=1S/C9H12B2N2/c1-4-6-8(10)13-7(5(2)3)9(11)12-6/h5H,4H2,1-3H3. The summed E-state index contributed by atoms with van der Waals surface area (Å²) in [4.78, 5) is 8.44. The molecule has 0 fully saturated rings. The molecule has 0 aromatic carbocycles. The predicted octanol–water partition coefficient (Wildman–Crippen LogP) is -0.250. The van der Waals surface area contributed by atoms with E-state index in [1.807, 2.05) is 20.8 Å². The summed E-state index contributed by atoms with van der Waals surface area (Å²) >= 11 is 0. The van der Waals surface area contributed by atoms with Crippen molar-refractivity contribution in [3.8, 4) is 0 Å². The summed E-state index contributed by atoms with van der Waals surface area (Å²) in [6.45, 7) is 6.02. The van der Waals surface area contributed by atoms with Crippen LogP contribution >= 0.6 is 0 Å². The van der Waals surface area contributed by atoms with Gasteiger partial charge in [0.1, 0.15) is 15.7 Å². The molecule has 1 aromatic heterocycles. The number of hydrogen-bond acceptors (Lipinski definition) is 2. The van der Waals surface area contributed by atoms with Crippen LogP contribution in [-0.4, -0.2) is 25.7 Å². The molecule has 64 valence electrons. The highest BCUT2D eigenvalue weighted by Crippen LogP contribution is 2.05. The molecule has 0 saturated heterocycles. The van der Waals surface area contributed by atoms with E-state index in [-0.39, 0.29) is 5.92 Å². The zero-order valence-corrected chi connectivity index (χ0v) is 8.33. The van der Waals surface area contributed by atoms with Gasteiger partial charge in [-0.15, -0.1) is 0 Å². The van der Waals surface area contributed by atoms with Gasteiger partial charge in [0.25, 0.3) is 0 Å². The Labute approximate surface area is 82.0 Å². The summed E-state index contributed by atoms with van der Waals surface area (Å²) in [5, 5.41) is 0. The second kappa shape index (κ2) is 3.95. The normalized spacial score (nSPS) is 10.8. The second-order valence-electron chi connectivity index (χ2n) is 3.33. The van der Waals surface area contributed by atoms with Gasteiger partial charge in [0.05, 0.1) is 5.69 Å². The molecule has 0 N–H and O–H groups in total.